The van der Waals surface area contributed by atoms with Gasteiger partial charge in [0, 0.05) is 93.2 Å². The van der Waals surface area contributed by atoms with Crippen LogP contribution in [0.5, 0.6) is 23.0 Å². The third-order valence-corrected chi connectivity index (χ3v) is 18.1. The summed E-state index contributed by atoms with van der Waals surface area (Å²) in [6.07, 6.45) is 1.97. The number of nitrogens with one attached hydrogen (secondary N) is 1. The van der Waals surface area contributed by atoms with Gasteiger partial charge in [0.1, 0.15) is 41.8 Å². The van der Waals surface area contributed by atoms with Gasteiger partial charge in [-0.2, -0.15) is 5.06 Å². The van der Waals surface area contributed by atoms with E-state index >= 15 is 0 Å². The van der Waals surface area contributed by atoms with Crippen molar-refractivity contribution in [3.8, 4) is 56.4 Å². The van der Waals surface area contributed by atoms with Crippen LogP contribution >= 0.6 is 0 Å². The van der Waals surface area contributed by atoms with E-state index in [-0.39, 0.29) is 54.1 Å². The number of aromatic hydroxyl groups is 1. The molecule has 4 N–H and O–H groups in total. The number of phenols is 1. The molecule has 18 nitrogen and oxygen atoms in total. The highest BCUT2D eigenvalue weighted by Crippen LogP contribution is 2.61. The molecule has 1 aliphatic heterocycles. The predicted octanol–water partition coefficient (Wildman–Crippen LogP) is 10.8. The van der Waals surface area contributed by atoms with Crippen LogP contribution in [-0.4, -0.2) is 159 Å². The van der Waals surface area contributed by atoms with Crippen molar-refractivity contribution in [3.63, 3.8) is 0 Å². The van der Waals surface area contributed by atoms with Crippen LogP contribution in [0.2, 0.25) is 0 Å². The van der Waals surface area contributed by atoms with E-state index in [0.29, 0.717) is 75.4 Å². The van der Waals surface area contributed by atoms with Gasteiger partial charge < -0.3 is 49.5 Å². The second-order valence-electron chi connectivity index (χ2n) is 24.9. The quantitative estimate of drug-likeness (QED) is 0.0553. The zero-order chi connectivity index (χ0) is 66.7. The number of phenolic OH excluding ortho intramolecular Hbond substituents is 1. The van der Waals surface area contributed by atoms with Crippen LogP contribution in [0.3, 0.4) is 0 Å². The van der Waals surface area contributed by atoms with Crippen molar-refractivity contribution in [2.75, 3.05) is 63.1 Å². The Bertz CT molecular complexity index is 3720. The number of amides is 4. The van der Waals surface area contributed by atoms with Gasteiger partial charge in [-0.15, -0.1) is 0 Å². The number of carbonyl (C=O) groups excluding carboxylic acids is 6. The number of aliphatic hydroxyl groups excluding tert-OH is 2. The van der Waals surface area contributed by atoms with Gasteiger partial charge in [0.05, 0.1) is 44.6 Å². The maximum Gasteiger partial charge on any atom is 0.253 e. The zero-order valence-electron chi connectivity index (χ0n) is 54.5. The molecule has 1 heterocycles. The number of methoxy groups -OCH3 is 2. The lowest BCUT2D eigenvalue weighted by Crippen LogP contribution is -2.62. The minimum Gasteiger partial charge on any atom is -0.507 e. The van der Waals surface area contributed by atoms with Crippen LogP contribution in [0.25, 0.3) is 33.4 Å². The Labute approximate surface area is 539 Å². The van der Waals surface area contributed by atoms with Crippen LogP contribution < -0.4 is 19.5 Å². The summed E-state index contributed by atoms with van der Waals surface area (Å²) in [5.41, 5.74) is 9.26. The van der Waals surface area contributed by atoms with Crippen LogP contribution in [-0.2, 0) is 22.8 Å². The second-order valence-corrected chi connectivity index (χ2v) is 24.9. The number of aliphatic hydroxyl groups is 2. The van der Waals surface area contributed by atoms with E-state index in [0.717, 1.165) is 57.4 Å². The van der Waals surface area contributed by atoms with E-state index in [2.05, 4.69) is 26.1 Å². The lowest BCUT2D eigenvalue weighted by molar-refractivity contribution is -0.183. The van der Waals surface area contributed by atoms with E-state index < -0.39 is 24.2 Å². The van der Waals surface area contributed by atoms with Gasteiger partial charge in [-0.25, -0.2) is 0 Å². The molecule has 484 valence electrons. The van der Waals surface area contributed by atoms with Crippen molar-refractivity contribution in [2.24, 2.45) is 29.1 Å². The van der Waals surface area contributed by atoms with E-state index in [4.69, 9.17) is 19.0 Å². The summed E-state index contributed by atoms with van der Waals surface area (Å²) in [6, 6.07) is 44.6. The Morgan fingerprint density at radius 1 is 0.652 bits per heavy atom. The van der Waals surface area contributed by atoms with Gasteiger partial charge in [-0.3, -0.25) is 33.6 Å². The molecule has 0 unspecified atom stereocenters. The first-order valence-electron chi connectivity index (χ1n) is 30.7. The van der Waals surface area contributed by atoms with Crippen LogP contribution in [0.15, 0.2) is 152 Å². The molecule has 7 aromatic carbocycles. The Morgan fingerprint density at radius 3 is 1.58 bits per heavy atom. The third kappa shape index (κ3) is 15.2. The maximum absolute atomic E-state index is 14.0. The monoisotopic (exact) mass is 1250 g/mol. The van der Waals surface area contributed by atoms with Gasteiger partial charge in [-0.05, 0) is 126 Å². The molecule has 11 rings (SSSR count). The van der Waals surface area contributed by atoms with E-state index in [1.165, 1.54) is 21.1 Å². The summed E-state index contributed by atoms with van der Waals surface area (Å²) in [4.78, 5) is 83.4. The number of nitrogens with zero attached hydrogens (tertiary/aromatic N) is 4. The molecule has 92 heavy (non-hydrogen) atoms. The first-order chi connectivity index (χ1) is 44.0. The number of para-hydroxylation sites is 3. The normalized spacial score (nSPS) is 19.6. The molecule has 4 amide bonds. The summed E-state index contributed by atoms with van der Waals surface area (Å²) in [7, 11) is 13.5. The third-order valence-electron chi connectivity index (χ3n) is 18.1. The van der Waals surface area contributed by atoms with Crippen molar-refractivity contribution in [2.45, 2.75) is 78.0 Å². The second kappa shape index (κ2) is 30.3. The van der Waals surface area contributed by atoms with Crippen LogP contribution in [0, 0.1) is 29.1 Å². The number of hydrogen-bond acceptors (Lipinski definition) is 14. The fraction of sp³-hybridized carbons (Fsp3) is 0.351. The van der Waals surface area contributed by atoms with Gasteiger partial charge >= 0.3 is 0 Å². The Kier molecular flexibility index (Phi) is 22.6. The Morgan fingerprint density at radius 2 is 1.13 bits per heavy atom. The molecular formula is C74H85N5O13. The summed E-state index contributed by atoms with van der Waals surface area (Å²) >= 11 is 0. The molecule has 0 radical (unpaired) electrons. The van der Waals surface area contributed by atoms with Crippen molar-refractivity contribution in [1.82, 2.24) is 25.1 Å². The molecule has 0 spiro atoms. The van der Waals surface area contributed by atoms with Crippen molar-refractivity contribution < 1.29 is 63.1 Å². The minimum absolute atomic E-state index is 0.0470. The average molecular weight is 1250 g/mol. The lowest BCUT2D eigenvalue weighted by Gasteiger charge is -2.62. The fourth-order valence-corrected chi connectivity index (χ4v) is 12.8. The molecule has 3 saturated carbocycles. The van der Waals surface area contributed by atoms with Gasteiger partial charge in [0.25, 0.3) is 17.7 Å². The highest BCUT2D eigenvalue weighted by Gasteiger charge is 2.57. The highest BCUT2D eigenvalue weighted by atomic mass is 16.7. The molecule has 7 aromatic rings. The summed E-state index contributed by atoms with van der Waals surface area (Å²) in [5.74, 6) is 2.39. The van der Waals surface area contributed by atoms with Crippen LogP contribution in [0.1, 0.15) is 103 Å². The maximum atomic E-state index is 14.0. The predicted molar refractivity (Wildman–Crippen MR) is 354 cm³/mol. The Balaban J connectivity index is 0.000000192. The standard InChI is InChI=1S/C34H47N3O6.C24H23NO4.C16H15NO3/c1-19-26-15-24(34(26,3)4)16-27(19)35-32(40)30-29(20(2)39)28(18-38)43-37(30)17-23-9-8-10-25(31(23)42-7)21-11-13-22(14-12-21)33(41)36(5)6;1-25(2)24(27)19-11-9-18(10-12-19)22-6-4-5-20(15-26)23(22)29-16-17-7-13-21(28-3)14-8-17;1-17(2)16(20)12-8-6-11(7-9-12)14-5-3-4-13(10-18)15(14)19/h8-14,19-20,24,26-30,38-39H,15-18H2,1-7H3,(H,35,40);4-15H,16H2,1-3H3;3-10,19H,1-2H3/t19-,20-,24+,26-,27-,28-,29+,30-;;/m0../s1. The number of hydrogen-bond donors (Lipinski definition) is 4. The first-order valence-corrected chi connectivity index (χ1v) is 30.7. The largest absolute Gasteiger partial charge is 0.507 e. The number of carbonyl (C=O) groups is 6. The smallest absolute Gasteiger partial charge is 0.253 e. The number of hydroxylamine groups is 2. The number of benzene rings is 7. The van der Waals surface area contributed by atoms with E-state index in [1.54, 1.807) is 141 Å². The summed E-state index contributed by atoms with van der Waals surface area (Å²) in [5, 5.41) is 35.9. The zero-order valence-corrected chi connectivity index (χ0v) is 54.5. The number of rotatable bonds is 19. The molecule has 3 aliphatic carbocycles. The molecule has 8 atom stereocenters. The molecular weight excluding hydrogens is 1170 g/mol. The number of fused-ring (bicyclic) bond motifs is 2. The fourth-order valence-electron chi connectivity index (χ4n) is 12.8. The van der Waals surface area contributed by atoms with Crippen molar-refractivity contribution in [1.29, 1.82) is 0 Å². The highest BCUT2D eigenvalue weighted by molar-refractivity contribution is 5.96. The van der Waals surface area contributed by atoms with Crippen LogP contribution in [0.4, 0.5) is 0 Å². The lowest BCUT2D eigenvalue weighted by atomic mass is 9.45. The number of ether oxygens (including phenoxy) is 3. The van der Waals surface area contributed by atoms with Crippen molar-refractivity contribution >= 4 is 36.2 Å². The topological polar surface area (TPSA) is 225 Å². The molecule has 4 fully saturated rings. The first kappa shape index (κ1) is 68.7. The van der Waals surface area contributed by atoms with E-state index in [9.17, 15) is 44.1 Å². The van der Waals surface area contributed by atoms with Gasteiger partial charge in [0.15, 0.2) is 12.6 Å². The molecule has 1 saturated heterocycles. The minimum atomic E-state index is -0.870. The van der Waals surface area contributed by atoms with E-state index in [1.807, 2.05) is 78.9 Å². The summed E-state index contributed by atoms with van der Waals surface area (Å²) in [6.45, 7) is 8.76. The summed E-state index contributed by atoms with van der Waals surface area (Å²) < 4.78 is 17.1. The van der Waals surface area contributed by atoms with Gasteiger partial charge in [-0.1, -0.05) is 112 Å². The molecule has 18 heteroatoms. The average Bonchev–Trinajstić information content (AvgIpc) is 0.777. The SMILES string of the molecule is CN(C)C(=O)c1ccc(-c2cccc(C=O)c2O)cc1.COc1c(CN2O[C@@H](CO)[C@@H]([C@H](C)O)[C@H]2C(=O)N[C@H]2C[C@H]3C[C@@H]([C@@H]2C)C3(C)C)cccc1-c1ccc(C(=O)N(C)C)cc1.COc1ccc(COc2c(C=O)cccc2-c2ccc(C(=O)N(C)C)cc2)cc1. The van der Waals surface area contributed by atoms with Crippen molar-refractivity contribution in [3.05, 3.63) is 191 Å². The molecule has 0 aromatic heterocycles. The number of aldehydes is 2. The van der Waals surface area contributed by atoms with Gasteiger partial charge in [0.2, 0.25) is 5.91 Å². The Hall–Kier alpha value is -9.20. The molecule has 4 aliphatic rings. The molecule has 2 bridgehead atoms.